The first-order chi connectivity index (χ1) is 9.88. The number of benzene rings is 1. The van der Waals surface area contributed by atoms with E-state index in [1.54, 1.807) is 23.1 Å². The Kier molecular flexibility index (Phi) is 4.94. The van der Waals surface area contributed by atoms with Gasteiger partial charge in [0.05, 0.1) is 15.2 Å². The minimum absolute atomic E-state index is 0.00219. The fourth-order valence-corrected chi connectivity index (χ4v) is 3.19. The summed E-state index contributed by atoms with van der Waals surface area (Å²) in [4.78, 5) is 26.7. The van der Waals surface area contributed by atoms with Crippen LogP contribution in [0.25, 0.3) is 0 Å². The van der Waals surface area contributed by atoms with Crippen LogP contribution < -0.4 is 10.2 Å². The fourth-order valence-electron chi connectivity index (χ4n) is 2.57. The zero-order chi connectivity index (χ0) is 15.7. The van der Waals surface area contributed by atoms with E-state index in [0.717, 1.165) is 0 Å². The highest BCUT2D eigenvalue weighted by atomic mass is 79.9. The highest BCUT2D eigenvalue weighted by molar-refractivity contribution is 9.10. The molecule has 1 aromatic rings. The lowest BCUT2D eigenvalue weighted by Crippen LogP contribution is -2.65. The number of carbonyl (C=O) groups is 2. The number of amides is 2. The fraction of sp³-hybridized carbons (Fsp3) is 0.467. The van der Waals surface area contributed by atoms with E-state index < -0.39 is 12.1 Å². The van der Waals surface area contributed by atoms with Gasteiger partial charge in [0.25, 0.3) is 0 Å². The number of halogens is 2. The van der Waals surface area contributed by atoms with Gasteiger partial charge in [-0.2, -0.15) is 0 Å². The van der Waals surface area contributed by atoms with Gasteiger partial charge in [-0.3, -0.25) is 14.5 Å². The maximum absolute atomic E-state index is 12.7. The van der Waals surface area contributed by atoms with Crippen molar-refractivity contribution in [1.82, 2.24) is 5.32 Å². The van der Waals surface area contributed by atoms with Crippen molar-refractivity contribution in [1.29, 1.82) is 0 Å². The van der Waals surface area contributed by atoms with Crippen molar-refractivity contribution in [2.24, 2.45) is 5.92 Å². The Bertz CT molecular complexity index is 577. The highest BCUT2D eigenvalue weighted by Gasteiger charge is 2.42. The second-order valence-corrected chi connectivity index (χ2v) is 6.64. The average molecular weight is 374 g/mol. The summed E-state index contributed by atoms with van der Waals surface area (Å²) in [5.74, 6) is -0.222. The molecule has 21 heavy (non-hydrogen) atoms. The standard InChI is InChI=1S/C15H18BrClN2O2/c1-4-10-15(21)19(13(8(2)3)14(20)18-10)11-7-5-6-9(17)12(11)16/h5-8,10,13H,4H2,1-3H3,(H,18,20). The zero-order valence-electron chi connectivity index (χ0n) is 12.2. The molecule has 0 spiro atoms. The molecule has 114 valence electrons. The summed E-state index contributed by atoms with van der Waals surface area (Å²) in [6, 6.07) is 4.30. The molecule has 2 atom stereocenters. The average Bonchev–Trinajstić information content (AvgIpc) is 2.43. The Balaban J connectivity index is 2.55. The van der Waals surface area contributed by atoms with Crippen LogP contribution in [0.1, 0.15) is 27.2 Å². The molecule has 2 unspecified atom stereocenters. The highest BCUT2D eigenvalue weighted by Crippen LogP contribution is 2.36. The summed E-state index contributed by atoms with van der Waals surface area (Å²) < 4.78 is 0.634. The predicted molar refractivity (Wildman–Crippen MR) is 87.5 cm³/mol. The number of nitrogens with one attached hydrogen (secondary N) is 1. The number of rotatable bonds is 3. The number of piperazine rings is 1. The molecule has 0 saturated carbocycles. The Hall–Kier alpha value is -1.07. The first kappa shape index (κ1) is 16.3. The topological polar surface area (TPSA) is 49.4 Å². The molecular weight excluding hydrogens is 356 g/mol. The van der Waals surface area contributed by atoms with Crippen LogP contribution in [0.3, 0.4) is 0 Å². The number of hydrogen-bond donors (Lipinski definition) is 1. The van der Waals surface area contributed by atoms with Gasteiger partial charge in [-0.15, -0.1) is 0 Å². The molecule has 4 nitrogen and oxygen atoms in total. The third-order valence-corrected chi connectivity index (χ3v) is 5.01. The normalized spacial score (nSPS) is 22.7. The number of carbonyl (C=O) groups excluding carboxylic acids is 2. The molecule has 1 heterocycles. The van der Waals surface area contributed by atoms with Gasteiger partial charge in [-0.1, -0.05) is 38.4 Å². The molecular formula is C15H18BrClN2O2. The zero-order valence-corrected chi connectivity index (χ0v) is 14.5. The monoisotopic (exact) mass is 372 g/mol. The van der Waals surface area contributed by atoms with Crippen LogP contribution in [0.2, 0.25) is 5.02 Å². The van der Waals surface area contributed by atoms with Crippen LogP contribution in [-0.4, -0.2) is 23.9 Å². The second kappa shape index (κ2) is 6.36. The maximum atomic E-state index is 12.7. The van der Waals surface area contributed by atoms with E-state index in [-0.39, 0.29) is 17.7 Å². The van der Waals surface area contributed by atoms with Gasteiger partial charge >= 0.3 is 0 Å². The van der Waals surface area contributed by atoms with Gasteiger partial charge in [0, 0.05) is 0 Å². The lowest BCUT2D eigenvalue weighted by Gasteiger charge is -2.41. The summed E-state index contributed by atoms with van der Waals surface area (Å²) in [7, 11) is 0. The van der Waals surface area contributed by atoms with Crippen molar-refractivity contribution in [3.63, 3.8) is 0 Å². The van der Waals surface area contributed by atoms with E-state index in [1.165, 1.54) is 0 Å². The van der Waals surface area contributed by atoms with Crippen LogP contribution >= 0.6 is 27.5 Å². The third kappa shape index (κ3) is 2.94. The van der Waals surface area contributed by atoms with Crippen molar-refractivity contribution in [3.05, 3.63) is 27.7 Å². The maximum Gasteiger partial charge on any atom is 0.250 e. The van der Waals surface area contributed by atoms with Gasteiger partial charge < -0.3 is 5.32 Å². The molecule has 1 aliphatic heterocycles. The molecule has 1 fully saturated rings. The van der Waals surface area contributed by atoms with Crippen LogP contribution in [0.5, 0.6) is 0 Å². The van der Waals surface area contributed by atoms with Crippen LogP contribution in [0.15, 0.2) is 22.7 Å². The SMILES string of the molecule is CCC1NC(=O)C(C(C)C)N(c2cccc(Cl)c2Br)C1=O. The van der Waals surface area contributed by atoms with Crippen molar-refractivity contribution < 1.29 is 9.59 Å². The number of hydrogen-bond acceptors (Lipinski definition) is 2. The van der Waals surface area contributed by atoms with Crippen LogP contribution in [0.4, 0.5) is 5.69 Å². The molecule has 1 aromatic carbocycles. The van der Waals surface area contributed by atoms with E-state index in [9.17, 15) is 9.59 Å². The summed E-state index contributed by atoms with van der Waals surface area (Å²) in [6.07, 6.45) is 0.560. The van der Waals surface area contributed by atoms with E-state index in [1.807, 2.05) is 20.8 Å². The van der Waals surface area contributed by atoms with Gasteiger partial charge in [0.15, 0.2) is 0 Å². The van der Waals surface area contributed by atoms with Gasteiger partial charge in [-0.25, -0.2) is 0 Å². The third-order valence-electron chi connectivity index (χ3n) is 3.63. The molecule has 2 amide bonds. The van der Waals surface area contributed by atoms with Crippen molar-refractivity contribution in [3.8, 4) is 0 Å². The van der Waals surface area contributed by atoms with E-state index in [4.69, 9.17) is 11.6 Å². The molecule has 1 saturated heterocycles. The molecule has 0 bridgehead atoms. The van der Waals surface area contributed by atoms with Crippen LogP contribution in [0, 0.1) is 5.92 Å². The number of anilines is 1. The molecule has 2 rings (SSSR count). The minimum atomic E-state index is -0.532. The molecule has 1 N–H and O–H groups in total. The van der Waals surface area contributed by atoms with Gasteiger partial charge in [0.1, 0.15) is 12.1 Å². The van der Waals surface area contributed by atoms with Crippen molar-refractivity contribution in [2.45, 2.75) is 39.3 Å². The van der Waals surface area contributed by atoms with Gasteiger partial charge in [-0.05, 0) is 40.4 Å². The van der Waals surface area contributed by atoms with Crippen molar-refractivity contribution >= 4 is 45.0 Å². The molecule has 6 heteroatoms. The Labute approximate surface area is 138 Å². The largest absolute Gasteiger partial charge is 0.342 e. The first-order valence-electron chi connectivity index (χ1n) is 6.96. The molecule has 0 radical (unpaired) electrons. The minimum Gasteiger partial charge on any atom is -0.342 e. The Morgan fingerprint density at radius 1 is 1.38 bits per heavy atom. The second-order valence-electron chi connectivity index (χ2n) is 5.44. The summed E-state index contributed by atoms with van der Waals surface area (Å²) >= 11 is 9.55. The summed E-state index contributed by atoms with van der Waals surface area (Å²) in [5, 5.41) is 3.32. The Morgan fingerprint density at radius 2 is 2.05 bits per heavy atom. The van der Waals surface area contributed by atoms with Crippen molar-refractivity contribution in [2.75, 3.05) is 4.90 Å². The van der Waals surface area contributed by atoms with Crippen LogP contribution in [-0.2, 0) is 9.59 Å². The molecule has 0 aromatic heterocycles. The van der Waals surface area contributed by atoms with E-state index in [0.29, 0.717) is 21.6 Å². The quantitative estimate of drug-likeness (QED) is 0.883. The van der Waals surface area contributed by atoms with Gasteiger partial charge in [0.2, 0.25) is 11.8 Å². The lowest BCUT2D eigenvalue weighted by molar-refractivity contribution is -0.134. The number of nitrogens with zero attached hydrogens (tertiary/aromatic N) is 1. The predicted octanol–water partition coefficient (Wildman–Crippen LogP) is 3.37. The van der Waals surface area contributed by atoms with E-state index >= 15 is 0 Å². The molecule has 0 aliphatic carbocycles. The molecule has 1 aliphatic rings. The Morgan fingerprint density at radius 3 is 2.62 bits per heavy atom. The summed E-state index contributed by atoms with van der Waals surface area (Å²) in [6.45, 7) is 5.73. The lowest BCUT2D eigenvalue weighted by atomic mass is 9.95. The first-order valence-corrected chi connectivity index (χ1v) is 8.13. The smallest absolute Gasteiger partial charge is 0.250 e. The van der Waals surface area contributed by atoms with E-state index in [2.05, 4.69) is 21.2 Å². The summed E-state index contributed by atoms with van der Waals surface area (Å²) in [5.41, 5.74) is 0.638.